The standard InChI is InChI=1S/C13H15F3N4O2S/c1-17-12(23)19-6-4-18(5-7-19)10-3-2-9(13(14,15)16)8-11(10)20(21)22/h2-3,8H,4-7H2,1H3,(H,17,23). The minimum Gasteiger partial charge on any atom is -0.366 e. The number of nitrogens with zero attached hydrogens (tertiary/aromatic N) is 3. The van der Waals surface area contributed by atoms with Crippen LogP contribution < -0.4 is 10.2 Å². The number of piperazine rings is 1. The molecule has 0 saturated carbocycles. The summed E-state index contributed by atoms with van der Waals surface area (Å²) in [5, 5.41) is 14.6. The van der Waals surface area contributed by atoms with Crippen molar-refractivity contribution in [3.63, 3.8) is 0 Å². The van der Waals surface area contributed by atoms with E-state index in [4.69, 9.17) is 12.2 Å². The number of hydrogen-bond acceptors (Lipinski definition) is 4. The molecule has 1 aromatic rings. The largest absolute Gasteiger partial charge is 0.416 e. The van der Waals surface area contributed by atoms with Gasteiger partial charge in [-0.3, -0.25) is 10.1 Å². The molecule has 1 aliphatic rings. The van der Waals surface area contributed by atoms with E-state index in [0.717, 1.165) is 12.1 Å². The first-order chi connectivity index (χ1) is 10.7. The summed E-state index contributed by atoms with van der Waals surface area (Å²) in [5.41, 5.74) is -1.37. The van der Waals surface area contributed by atoms with Gasteiger partial charge < -0.3 is 15.1 Å². The zero-order chi connectivity index (χ0) is 17.2. The third-order valence-electron chi connectivity index (χ3n) is 3.62. The van der Waals surface area contributed by atoms with Crippen molar-refractivity contribution in [1.82, 2.24) is 10.2 Å². The van der Waals surface area contributed by atoms with Crippen molar-refractivity contribution in [2.45, 2.75) is 6.18 Å². The van der Waals surface area contributed by atoms with Gasteiger partial charge in [-0.15, -0.1) is 0 Å². The monoisotopic (exact) mass is 348 g/mol. The molecule has 1 aromatic carbocycles. The average Bonchev–Trinajstić information content (AvgIpc) is 2.52. The van der Waals surface area contributed by atoms with Crippen molar-refractivity contribution in [3.05, 3.63) is 33.9 Å². The minimum absolute atomic E-state index is 0.193. The first kappa shape index (κ1) is 17.3. The molecule has 1 fully saturated rings. The molecule has 2 rings (SSSR count). The maximum atomic E-state index is 12.7. The van der Waals surface area contributed by atoms with Crippen LogP contribution in [0.2, 0.25) is 0 Å². The Labute approximate surface area is 136 Å². The number of halogens is 3. The van der Waals surface area contributed by atoms with Crippen LogP contribution in [-0.2, 0) is 6.18 Å². The molecule has 0 aromatic heterocycles. The fourth-order valence-electron chi connectivity index (χ4n) is 2.42. The fourth-order valence-corrected chi connectivity index (χ4v) is 2.60. The van der Waals surface area contributed by atoms with E-state index in [-0.39, 0.29) is 5.69 Å². The van der Waals surface area contributed by atoms with Gasteiger partial charge in [0.1, 0.15) is 5.69 Å². The Bertz CT molecular complexity index is 616. The molecule has 0 radical (unpaired) electrons. The van der Waals surface area contributed by atoms with Crippen LogP contribution in [0.4, 0.5) is 24.5 Å². The molecule has 126 valence electrons. The topological polar surface area (TPSA) is 61.6 Å². The van der Waals surface area contributed by atoms with Crippen LogP contribution in [0.3, 0.4) is 0 Å². The number of nitrogens with one attached hydrogen (secondary N) is 1. The van der Waals surface area contributed by atoms with E-state index in [0.29, 0.717) is 37.4 Å². The highest BCUT2D eigenvalue weighted by molar-refractivity contribution is 7.80. The van der Waals surface area contributed by atoms with Crippen molar-refractivity contribution in [2.24, 2.45) is 0 Å². The Morgan fingerprint density at radius 3 is 2.39 bits per heavy atom. The number of hydrogen-bond donors (Lipinski definition) is 1. The van der Waals surface area contributed by atoms with E-state index in [1.165, 1.54) is 0 Å². The molecule has 23 heavy (non-hydrogen) atoms. The molecule has 6 nitrogen and oxygen atoms in total. The van der Waals surface area contributed by atoms with Gasteiger partial charge in [-0.2, -0.15) is 13.2 Å². The van der Waals surface area contributed by atoms with Crippen LogP contribution >= 0.6 is 12.2 Å². The molecule has 1 heterocycles. The number of alkyl halides is 3. The zero-order valence-electron chi connectivity index (χ0n) is 12.3. The highest BCUT2D eigenvalue weighted by atomic mass is 32.1. The Morgan fingerprint density at radius 2 is 1.91 bits per heavy atom. The van der Waals surface area contributed by atoms with Crippen LogP contribution in [-0.4, -0.2) is 48.2 Å². The summed E-state index contributed by atoms with van der Waals surface area (Å²) >= 11 is 5.12. The van der Waals surface area contributed by atoms with Gasteiger partial charge in [0.2, 0.25) is 0 Å². The molecular weight excluding hydrogens is 333 g/mol. The Balaban J connectivity index is 2.23. The third-order valence-corrected chi connectivity index (χ3v) is 4.08. The van der Waals surface area contributed by atoms with Crippen molar-refractivity contribution >= 4 is 28.7 Å². The van der Waals surface area contributed by atoms with Gasteiger partial charge in [0.25, 0.3) is 5.69 Å². The maximum Gasteiger partial charge on any atom is 0.416 e. The molecule has 1 saturated heterocycles. The van der Waals surface area contributed by atoms with Crippen LogP contribution in [0.1, 0.15) is 5.56 Å². The molecule has 0 spiro atoms. The van der Waals surface area contributed by atoms with Crippen LogP contribution in [0.5, 0.6) is 0 Å². The molecule has 0 atom stereocenters. The Hall–Kier alpha value is -2.10. The summed E-state index contributed by atoms with van der Waals surface area (Å²) < 4.78 is 38.2. The van der Waals surface area contributed by atoms with Gasteiger partial charge in [0.15, 0.2) is 5.11 Å². The molecular formula is C13H15F3N4O2S. The molecule has 0 bridgehead atoms. The quantitative estimate of drug-likeness (QED) is 0.502. The van der Waals surface area contributed by atoms with Crippen LogP contribution in [0.25, 0.3) is 0 Å². The number of benzene rings is 1. The van der Waals surface area contributed by atoms with Gasteiger partial charge in [-0.25, -0.2) is 0 Å². The fraction of sp³-hybridized carbons (Fsp3) is 0.462. The second-order valence-corrected chi connectivity index (χ2v) is 5.37. The highest BCUT2D eigenvalue weighted by Crippen LogP contribution is 2.36. The predicted octanol–water partition coefficient (Wildman–Crippen LogP) is 2.24. The van der Waals surface area contributed by atoms with Gasteiger partial charge in [0.05, 0.1) is 10.5 Å². The number of rotatable bonds is 2. The van der Waals surface area contributed by atoms with Crippen molar-refractivity contribution in [3.8, 4) is 0 Å². The second kappa shape index (κ2) is 6.57. The lowest BCUT2D eigenvalue weighted by molar-refractivity contribution is -0.384. The first-order valence-electron chi connectivity index (χ1n) is 6.81. The molecule has 1 aliphatic heterocycles. The molecule has 0 amide bonds. The molecule has 1 N–H and O–H groups in total. The van der Waals surface area contributed by atoms with E-state index in [2.05, 4.69) is 5.32 Å². The summed E-state index contributed by atoms with van der Waals surface area (Å²) in [6, 6.07) is 2.61. The molecule has 10 heteroatoms. The van der Waals surface area contributed by atoms with Crippen molar-refractivity contribution in [1.29, 1.82) is 0 Å². The number of thiocarbonyl (C=S) groups is 1. The SMILES string of the molecule is CNC(=S)N1CCN(c2ccc(C(F)(F)F)cc2[N+](=O)[O-])CC1. The van der Waals surface area contributed by atoms with E-state index in [1.54, 1.807) is 11.9 Å². The van der Waals surface area contributed by atoms with Crippen molar-refractivity contribution in [2.75, 3.05) is 38.1 Å². The summed E-state index contributed by atoms with van der Waals surface area (Å²) in [7, 11) is 1.70. The lowest BCUT2D eigenvalue weighted by Crippen LogP contribution is -2.51. The lowest BCUT2D eigenvalue weighted by Gasteiger charge is -2.36. The summed E-state index contributed by atoms with van der Waals surface area (Å²) in [5.74, 6) is 0. The summed E-state index contributed by atoms with van der Waals surface area (Å²) in [6.07, 6.45) is -4.61. The van der Waals surface area contributed by atoms with E-state index in [1.807, 2.05) is 4.90 Å². The molecule has 0 aliphatic carbocycles. The maximum absolute atomic E-state index is 12.7. The Morgan fingerprint density at radius 1 is 1.30 bits per heavy atom. The Kier molecular flexibility index (Phi) is 4.93. The zero-order valence-corrected chi connectivity index (χ0v) is 13.1. The van der Waals surface area contributed by atoms with Gasteiger partial charge >= 0.3 is 6.18 Å². The first-order valence-corrected chi connectivity index (χ1v) is 7.22. The van der Waals surface area contributed by atoms with Crippen LogP contribution in [0.15, 0.2) is 18.2 Å². The van der Waals surface area contributed by atoms with Gasteiger partial charge in [-0.05, 0) is 24.4 Å². The third kappa shape index (κ3) is 3.81. The normalized spacial score (nSPS) is 15.5. The van der Waals surface area contributed by atoms with Crippen molar-refractivity contribution < 1.29 is 18.1 Å². The summed E-state index contributed by atoms with van der Waals surface area (Å²) in [4.78, 5) is 14.0. The second-order valence-electron chi connectivity index (χ2n) is 4.99. The van der Waals surface area contributed by atoms with Crippen LogP contribution in [0, 0.1) is 10.1 Å². The van der Waals surface area contributed by atoms with Gasteiger partial charge in [0, 0.05) is 39.3 Å². The molecule has 0 unspecified atom stereocenters. The number of nitro groups is 1. The van der Waals surface area contributed by atoms with E-state index < -0.39 is 22.4 Å². The average molecular weight is 348 g/mol. The number of nitro benzene ring substituents is 1. The predicted molar refractivity (Wildman–Crippen MR) is 83.5 cm³/mol. The minimum atomic E-state index is -4.61. The van der Waals surface area contributed by atoms with E-state index >= 15 is 0 Å². The van der Waals surface area contributed by atoms with E-state index in [9.17, 15) is 23.3 Å². The smallest absolute Gasteiger partial charge is 0.366 e. The van der Waals surface area contributed by atoms with Gasteiger partial charge in [-0.1, -0.05) is 0 Å². The summed E-state index contributed by atoms with van der Waals surface area (Å²) in [6.45, 7) is 1.96. The lowest BCUT2D eigenvalue weighted by atomic mass is 10.1. The highest BCUT2D eigenvalue weighted by Gasteiger charge is 2.34. The number of anilines is 1.